The third-order valence-electron chi connectivity index (χ3n) is 4.91. The lowest BCUT2D eigenvalue weighted by Crippen LogP contribution is -2.10. The normalized spacial score (nSPS) is 10.4. The van der Waals surface area contributed by atoms with Gasteiger partial charge in [-0.15, -0.1) is 0 Å². The summed E-state index contributed by atoms with van der Waals surface area (Å²) in [6.07, 6.45) is 0. The van der Waals surface area contributed by atoms with Gasteiger partial charge in [0.15, 0.2) is 0 Å². The lowest BCUT2D eigenvalue weighted by atomic mass is 10.2. The predicted molar refractivity (Wildman–Crippen MR) is 165 cm³/mol. The maximum Gasteiger partial charge on any atom is 0.292 e. The van der Waals surface area contributed by atoms with E-state index in [-0.39, 0.29) is 47.7 Å². The van der Waals surface area contributed by atoms with Crippen LogP contribution in [0.4, 0.5) is 34.4 Å². The summed E-state index contributed by atoms with van der Waals surface area (Å²) in [6, 6.07) is 19.8. The number of para-hydroxylation sites is 4. The number of nitrogens with one attached hydrogen (secondary N) is 3. The third-order valence-corrected chi connectivity index (χ3v) is 6.92. The number of nitro groups is 2. The van der Waals surface area contributed by atoms with Crippen molar-refractivity contribution in [2.75, 3.05) is 16.0 Å². The highest BCUT2D eigenvalue weighted by Crippen LogP contribution is 2.29. The summed E-state index contributed by atoms with van der Waals surface area (Å²) >= 11 is 12.8. The van der Waals surface area contributed by atoms with Crippen molar-refractivity contribution in [1.82, 2.24) is 15.0 Å². The molecule has 12 nitrogen and oxygen atoms in total. The molecular formula is C24H18N8O4S4. The molecule has 0 aliphatic heterocycles. The summed E-state index contributed by atoms with van der Waals surface area (Å²) < 4.78 is 0.331. The van der Waals surface area contributed by atoms with Crippen LogP contribution < -0.4 is 16.0 Å². The van der Waals surface area contributed by atoms with Crippen LogP contribution in [0.1, 0.15) is 5.56 Å². The van der Waals surface area contributed by atoms with Gasteiger partial charge in [-0.25, -0.2) is 0 Å². The zero-order valence-corrected chi connectivity index (χ0v) is 23.7. The van der Waals surface area contributed by atoms with Gasteiger partial charge >= 0.3 is 0 Å². The van der Waals surface area contributed by atoms with E-state index < -0.39 is 9.85 Å². The highest BCUT2D eigenvalue weighted by molar-refractivity contribution is 8.23. The second-order valence-corrected chi connectivity index (χ2v) is 11.1. The molecular weight excluding hydrogens is 593 g/mol. The fraction of sp³-hybridized carbons (Fsp3) is 0.0417. The van der Waals surface area contributed by atoms with Crippen LogP contribution in [0.25, 0.3) is 0 Å². The van der Waals surface area contributed by atoms with Crippen LogP contribution in [0.5, 0.6) is 0 Å². The Balaban J connectivity index is 1.58. The molecule has 0 saturated heterocycles. The molecule has 0 atom stereocenters. The number of hydrogen-bond donors (Lipinski definition) is 3. The van der Waals surface area contributed by atoms with Gasteiger partial charge in [0.25, 0.3) is 11.4 Å². The molecule has 0 fully saturated rings. The second-order valence-electron chi connectivity index (χ2n) is 7.80. The lowest BCUT2D eigenvalue weighted by molar-refractivity contribution is -0.384. The number of nitro benzene ring substituents is 2. The molecule has 202 valence electrons. The van der Waals surface area contributed by atoms with Crippen molar-refractivity contribution in [3.05, 3.63) is 98.6 Å². The number of rotatable bonds is 8. The van der Waals surface area contributed by atoms with Crippen molar-refractivity contribution >= 4 is 91.0 Å². The van der Waals surface area contributed by atoms with Gasteiger partial charge in [-0.2, -0.15) is 15.0 Å². The number of aromatic nitrogens is 3. The second kappa shape index (κ2) is 13.2. The first-order valence-corrected chi connectivity index (χ1v) is 13.7. The Labute approximate surface area is 246 Å². The summed E-state index contributed by atoms with van der Waals surface area (Å²) in [6.45, 7) is 1.95. The monoisotopic (exact) mass is 610 g/mol. The molecule has 4 aromatic rings. The first kappa shape index (κ1) is 28.8. The number of benzene rings is 3. The average Bonchev–Trinajstić information content (AvgIpc) is 2.88. The van der Waals surface area contributed by atoms with Gasteiger partial charge in [0.2, 0.25) is 16.3 Å². The topological polar surface area (TPSA) is 161 Å². The fourth-order valence-electron chi connectivity index (χ4n) is 3.25. The molecule has 0 unspecified atom stereocenters. The average molecular weight is 611 g/mol. The van der Waals surface area contributed by atoms with E-state index in [0.717, 1.165) is 34.8 Å². The Kier molecular flexibility index (Phi) is 9.49. The summed E-state index contributed by atoms with van der Waals surface area (Å²) in [5.74, 6) is 0.201. The van der Waals surface area contributed by atoms with Crippen LogP contribution in [0.2, 0.25) is 0 Å². The first-order valence-electron chi connectivity index (χ1n) is 11.2. The van der Waals surface area contributed by atoms with E-state index in [1.807, 2.05) is 31.2 Å². The van der Waals surface area contributed by atoms with E-state index in [1.54, 1.807) is 24.3 Å². The fourth-order valence-corrected chi connectivity index (χ4v) is 5.16. The molecule has 3 N–H and O–H groups in total. The van der Waals surface area contributed by atoms with E-state index in [9.17, 15) is 20.2 Å². The Morgan fingerprint density at radius 2 is 1.25 bits per heavy atom. The number of anilines is 4. The predicted octanol–water partition coefficient (Wildman–Crippen LogP) is 6.72. The number of hydrogen-bond acceptors (Lipinski definition) is 12. The number of thioether (sulfide) groups is 2. The van der Waals surface area contributed by atoms with Crippen molar-refractivity contribution in [1.29, 1.82) is 0 Å². The Hall–Kier alpha value is -4.25. The van der Waals surface area contributed by atoms with Crippen LogP contribution in [-0.4, -0.2) is 33.4 Å². The molecule has 0 spiro atoms. The molecule has 0 saturated carbocycles. The summed E-state index contributed by atoms with van der Waals surface area (Å²) in [5, 5.41) is 31.9. The molecule has 0 aliphatic carbocycles. The van der Waals surface area contributed by atoms with Crippen molar-refractivity contribution in [2.45, 2.75) is 17.2 Å². The Morgan fingerprint density at radius 1 is 0.750 bits per heavy atom. The smallest absolute Gasteiger partial charge is 0.292 e. The van der Waals surface area contributed by atoms with Crippen molar-refractivity contribution in [3.63, 3.8) is 0 Å². The third kappa shape index (κ3) is 7.89. The summed E-state index contributed by atoms with van der Waals surface area (Å²) in [5.41, 5.74) is 1.94. The van der Waals surface area contributed by atoms with Gasteiger partial charge in [0.05, 0.1) is 9.85 Å². The molecule has 0 bridgehead atoms. The van der Waals surface area contributed by atoms with E-state index in [0.29, 0.717) is 0 Å². The molecule has 0 radical (unpaired) electrons. The van der Waals surface area contributed by atoms with Gasteiger partial charge < -0.3 is 16.0 Å². The maximum absolute atomic E-state index is 11.4. The van der Waals surface area contributed by atoms with Gasteiger partial charge in [-0.1, -0.05) is 60.8 Å². The minimum atomic E-state index is -0.512. The highest BCUT2D eigenvalue weighted by Gasteiger charge is 2.18. The van der Waals surface area contributed by atoms with E-state index in [4.69, 9.17) is 24.4 Å². The van der Waals surface area contributed by atoms with Crippen LogP contribution in [-0.2, 0) is 0 Å². The van der Waals surface area contributed by atoms with Gasteiger partial charge in [-0.3, -0.25) is 20.2 Å². The van der Waals surface area contributed by atoms with Crippen LogP contribution >= 0.6 is 48.0 Å². The molecule has 3 aromatic carbocycles. The lowest BCUT2D eigenvalue weighted by Gasteiger charge is -2.11. The Morgan fingerprint density at radius 3 is 1.73 bits per heavy atom. The van der Waals surface area contributed by atoms with E-state index >= 15 is 0 Å². The van der Waals surface area contributed by atoms with Gasteiger partial charge in [0, 0.05) is 17.8 Å². The molecule has 1 aromatic heterocycles. The number of nitrogens with zero attached hydrogens (tertiary/aromatic N) is 5. The highest BCUT2D eigenvalue weighted by atomic mass is 32.2. The summed E-state index contributed by atoms with van der Waals surface area (Å²) in [7, 11) is 0. The van der Waals surface area contributed by atoms with Crippen molar-refractivity contribution in [2.24, 2.45) is 0 Å². The van der Waals surface area contributed by atoms with Gasteiger partial charge in [0.1, 0.15) is 20.0 Å². The standard InChI is InChI=1S/C24H18N8O4S4/c1-14-7-6-8-15(13-14)25-20-28-21(39-23(37)26-16-9-2-4-11-18(16)31(33)34)30-22(29-20)40-24(38)27-17-10-3-5-12-19(17)32(35)36/h2-13H,1H3,(H,26,37)(H,27,38)(H,25,28,29,30). The molecule has 4 rings (SSSR count). The van der Waals surface area contributed by atoms with Crippen LogP contribution in [0.3, 0.4) is 0 Å². The number of thiocarbonyl (C=S) groups is 2. The van der Waals surface area contributed by atoms with Gasteiger partial charge in [-0.05, 0) is 60.3 Å². The SMILES string of the molecule is Cc1cccc(Nc2nc(SC(=S)Nc3ccccc3[N+](=O)[O-])nc(SC(=S)Nc3ccccc3[N+](=O)[O-])n2)c1. The minimum absolute atomic E-state index is 0.134. The van der Waals surface area contributed by atoms with Crippen molar-refractivity contribution < 1.29 is 9.85 Å². The summed E-state index contributed by atoms with van der Waals surface area (Å²) in [4.78, 5) is 35.0. The molecule has 0 amide bonds. The van der Waals surface area contributed by atoms with Crippen LogP contribution in [0.15, 0.2) is 83.1 Å². The van der Waals surface area contributed by atoms with Crippen LogP contribution in [0, 0.1) is 27.2 Å². The van der Waals surface area contributed by atoms with E-state index in [2.05, 4.69) is 30.9 Å². The van der Waals surface area contributed by atoms with Crippen molar-refractivity contribution in [3.8, 4) is 0 Å². The maximum atomic E-state index is 11.4. The molecule has 0 aliphatic rings. The van der Waals surface area contributed by atoms with E-state index in [1.165, 1.54) is 24.3 Å². The first-order chi connectivity index (χ1) is 19.2. The largest absolute Gasteiger partial charge is 0.335 e. The zero-order chi connectivity index (χ0) is 28.6. The quantitative estimate of drug-likeness (QED) is 0.0834. The zero-order valence-electron chi connectivity index (χ0n) is 20.4. The Bertz CT molecular complexity index is 1530. The molecule has 40 heavy (non-hydrogen) atoms. The number of aryl methyl sites for hydroxylation is 1. The molecule has 16 heteroatoms. The minimum Gasteiger partial charge on any atom is -0.335 e. The molecule has 1 heterocycles.